The van der Waals surface area contributed by atoms with E-state index in [1.807, 2.05) is 0 Å². The highest BCUT2D eigenvalue weighted by atomic mass is 14.9. The Morgan fingerprint density at radius 2 is 1.65 bits per heavy atom. The van der Waals surface area contributed by atoms with Gasteiger partial charge in [0.1, 0.15) is 0 Å². The highest BCUT2D eigenvalue weighted by Crippen LogP contribution is 2.36. The third kappa shape index (κ3) is 3.57. The van der Waals surface area contributed by atoms with Crippen LogP contribution in [0, 0.1) is 19.3 Å². The summed E-state index contributed by atoms with van der Waals surface area (Å²) in [6, 6.07) is 7.01. The van der Waals surface area contributed by atoms with Crippen LogP contribution in [0.2, 0.25) is 0 Å². The van der Waals surface area contributed by atoms with Crippen LogP contribution in [0.5, 0.6) is 0 Å². The first kappa shape index (κ1) is 14.2. The Morgan fingerprint density at radius 3 is 2.06 bits per heavy atom. The Labute approximate surface area is 107 Å². The second-order valence-electron chi connectivity index (χ2n) is 6.06. The fourth-order valence-corrected chi connectivity index (χ4v) is 2.41. The van der Waals surface area contributed by atoms with E-state index in [0.717, 1.165) is 6.54 Å². The first-order valence-electron chi connectivity index (χ1n) is 6.67. The first-order valence-corrected chi connectivity index (χ1v) is 6.67. The van der Waals surface area contributed by atoms with Gasteiger partial charge in [-0.1, -0.05) is 45.9 Å². The van der Waals surface area contributed by atoms with E-state index in [0.29, 0.717) is 6.04 Å². The summed E-state index contributed by atoms with van der Waals surface area (Å²) in [6.07, 6.45) is 1.18. The van der Waals surface area contributed by atoms with Gasteiger partial charge in [-0.3, -0.25) is 0 Å². The molecule has 0 amide bonds. The van der Waals surface area contributed by atoms with Crippen LogP contribution >= 0.6 is 0 Å². The average molecular weight is 233 g/mol. The highest BCUT2D eigenvalue weighted by Gasteiger charge is 2.27. The van der Waals surface area contributed by atoms with Gasteiger partial charge in [0.25, 0.3) is 0 Å². The molecule has 1 aromatic carbocycles. The molecule has 0 fully saturated rings. The van der Waals surface area contributed by atoms with E-state index >= 15 is 0 Å². The Kier molecular flexibility index (Phi) is 4.76. The third-order valence-corrected chi connectivity index (χ3v) is 3.30. The van der Waals surface area contributed by atoms with Crippen molar-refractivity contribution in [3.63, 3.8) is 0 Å². The Morgan fingerprint density at radius 1 is 1.12 bits per heavy atom. The molecule has 1 rings (SSSR count). The highest BCUT2D eigenvalue weighted by molar-refractivity contribution is 5.37. The van der Waals surface area contributed by atoms with Crippen molar-refractivity contribution in [1.29, 1.82) is 0 Å². The lowest BCUT2D eigenvalue weighted by Crippen LogP contribution is -2.34. The second kappa shape index (κ2) is 5.68. The standard InChI is InChI=1S/C16H27N/c1-7-11-17-15(16(4,5)6)14-12(2)9-8-10-13(14)3/h8-10,15,17H,7,11H2,1-6H3. The number of benzene rings is 1. The van der Waals surface area contributed by atoms with E-state index in [9.17, 15) is 0 Å². The van der Waals surface area contributed by atoms with Crippen molar-refractivity contribution < 1.29 is 0 Å². The fourth-order valence-electron chi connectivity index (χ4n) is 2.41. The van der Waals surface area contributed by atoms with Crippen molar-refractivity contribution in [3.8, 4) is 0 Å². The van der Waals surface area contributed by atoms with E-state index in [4.69, 9.17) is 0 Å². The summed E-state index contributed by atoms with van der Waals surface area (Å²) in [5, 5.41) is 3.71. The van der Waals surface area contributed by atoms with Gasteiger partial charge in [0, 0.05) is 6.04 Å². The molecule has 0 aliphatic carbocycles. The first-order chi connectivity index (χ1) is 7.88. The van der Waals surface area contributed by atoms with Gasteiger partial charge in [0.15, 0.2) is 0 Å². The van der Waals surface area contributed by atoms with Gasteiger partial charge in [0.2, 0.25) is 0 Å². The molecule has 1 N–H and O–H groups in total. The van der Waals surface area contributed by atoms with Crippen LogP contribution in [0.1, 0.15) is 56.8 Å². The molecule has 17 heavy (non-hydrogen) atoms. The smallest absolute Gasteiger partial charge is 0.0374 e. The second-order valence-corrected chi connectivity index (χ2v) is 6.06. The minimum atomic E-state index is 0.242. The minimum Gasteiger partial charge on any atom is -0.309 e. The SMILES string of the molecule is CCCNC(c1c(C)cccc1C)C(C)(C)C. The molecule has 0 spiro atoms. The van der Waals surface area contributed by atoms with E-state index in [1.165, 1.54) is 23.1 Å². The zero-order valence-corrected chi connectivity index (χ0v) is 12.2. The van der Waals surface area contributed by atoms with Crippen LogP contribution in [0.4, 0.5) is 0 Å². The zero-order valence-electron chi connectivity index (χ0n) is 12.2. The molecule has 1 aromatic rings. The molecule has 0 aliphatic rings. The lowest BCUT2D eigenvalue weighted by atomic mass is 9.79. The zero-order chi connectivity index (χ0) is 13.1. The van der Waals surface area contributed by atoms with Gasteiger partial charge in [-0.2, -0.15) is 0 Å². The Hall–Kier alpha value is -0.820. The normalized spacial score (nSPS) is 13.8. The number of hydrogen-bond donors (Lipinski definition) is 1. The molecule has 1 nitrogen and oxygen atoms in total. The lowest BCUT2D eigenvalue weighted by molar-refractivity contribution is 0.271. The van der Waals surface area contributed by atoms with Crippen molar-refractivity contribution in [2.75, 3.05) is 6.54 Å². The summed E-state index contributed by atoms with van der Waals surface area (Å²) in [7, 11) is 0. The molecular formula is C16H27N. The fraction of sp³-hybridized carbons (Fsp3) is 0.625. The molecule has 1 unspecified atom stereocenters. The van der Waals surface area contributed by atoms with Crippen LogP contribution in [-0.2, 0) is 0 Å². The number of rotatable bonds is 4. The lowest BCUT2D eigenvalue weighted by Gasteiger charge is -2.34. The summed E-state index contributed by atoms with van der Waals surface area (Å²) >= 11 is 0. The quantitative estimate of drug-likeness (QED) is 0.813. The van der Waals surface area contributed by atoms with Crippen LogP contribution in [0.3, 0.4) is 0 Å². The van der Waals surface area contributed by atoms with Gasteiger partial charge in [-0.15, -0.1) is 0 Å². The molecular weight excluding hydrogens is 206 g/mol. The molecule has 0 bridgehead atoms. The molecule has 0 radical (unpaired) electrons. The molecule has 1 heteroatoms. The summed E-state index contributed by atoms with van der Waals surface area (Å²) in [5.41, 5.74) is 4.52. The molecule has 0 saturated carbocycles. The molecule has 0 heterocycles. The maximum atomic E-state index is 3.71. The predicted molar refractivity (Wildman–Crippen MR) is 76.4 cm³/mol. The summed E-state index contributed by atoms with van der Waals surface area (Å²) < 4.78 is 0. The Balaban J connectivity index is 3.13. The number of hydrogen-bond acceptors (Lipinski definition) is 1. The monoisotopic (exact) mass is 233 g/mol. The van der Waals surface area contributed by atoms with Crippen molar-refractivity contribution >= 4 is 0 Å². The average Bonchev–Trinajstić information content (AvgIpc) is 2.20. The van der Waals surface area contributed by atoms with Crippen LogP contribution in [-0.4, -0.2) is 6.54 Å². The largest absolute Gasteiger partial charge is 0.309 e. The van der Waals surface area contributed by atoms with Crippen LogP contribution in [0.15, 0.2) is 18.2 Å². The molecule has 96 valence electrons. The third-order valence-electron chi connectivity index (χ3n) is 3.30. The van der Waals surface area contributed by atoms with E-state index < -0.39 is 0 Å². The van der Waals surface area contributed by atoms with Crippen molar-refractivity contribution in [1.82, 2.24) is 5.32 Å². The maximum absolute atomic E-state index is 3.71. The summed E-state index contributed by atoms with van der Waals surface area (Å²) in [4.78, 5) is 0. The van der Waals surface area contributed by atoms with E-state index in [2.05, 4.69) is 65.1 Å². The molecule has 0 aliphatic heterocycles. The number of nitrogens with one attached hydrogen (secondary N) is 1. The minimum absolute atomic E-state index is 0.242. The predicted octanol–water partition coefficient (Wildman–Crippen LogP) is 4.39. The van der Waals surface area contributed by atoms with Gasteiger partial charge < -0.3 is 5.32 Å². The van der Waals surface area contributed by atoms with Crippen molar-refractivity contribution in [3.05, 3.63) is 34.9 Å². The van der Waals surface area contributed by atoms with Gasteiger partial charge in [-0.05, 0) is 48.9 Å². The van der Waals surface area contributed by atoms with Crippen molar-refractivity contribution in [2.45, 2.75) is 54.0 Å². The van der Waals surface area contributed by atoms with E-state index in [-0.39, 0.29) is 5.41 Å². The van der Waals surface area contributed by atoms with Gasteiger partial charge >= 0.3 is 0 Å². The molecule has 1 atom stereocenters. The maximum Gasteiger partial charge on any atom is 0.0374 e. The van der Waals surface area contributed by atoms with Crippen molar-refractivity contribution in [2.24, 2.45) is 5.41 Å². The van der Waals surface area contributed by atoms with Crippen LogP contribution in [0.25, 0.3) is 0 Å². The summed E-state index contributed by atoms with van der Waals surface area (Å²) in [5.74, 6) is 0. The Bertz CT molecular complexity index is 340. The number of aryl methyl sites for hydroxylation is 2. The van der Waals surface area contributed by atoms with Gasteiger partial charge in [-0.25, -0.2) is 0 Å². The van der Waals surface area contributed by atoms with Gasteiger partial charge in [0.05, 0.1) is 0 Å². The molecule has 0 aromatic heterocycles. The topological polar surface area (TPSA) is 12.0 Å². The van der Waals surface area contributed by atoms with E-state index in [1.54, 1.807) is 0 Å². The summed E-state index contributed by atoms with van der Waals surface area (Å²) in [6.45, 7) is 14.7. The van der Waals surface area contributed by atoms with Crippen LogP contribution < -0.4 is 5.32 Å². The molecule has 0 saturated heterocycles.